The van der Waals surface area contributed by atoms with Gasteiger partial charge in [-0.2, -0.15) is 0 Å². The summed E-state index contributed by atoms with van der Waals surface area (Å²) in [5.74, 6) is 0.662. The Morgan fingerprint density at radius 1 is 1.50 bits per heavy atom. The van der Waals surface area contributed by atoms with E-state index in [-0.39, 0.29) is 0 Å². The van der Waals surface area contributed by atoms with E-state index in [0.29, 0.717) is 11.9 Å². The molecule has 0 bridgehead atoms. The molecule has 1 aromatic rings. The van der Waals surface area contributed by atoms with Crippen LogP contribution in [0.2, 0.25) is 0 Å². The van der Waals surface area contributed by atoms with E-state index in [9.17, 15) is 0 Å². The molecule has 78 valence electrons. The quantitative estimate of drug-likeness (QED) is 0.713. The summed E-state index contributed by atoms with van der Waals surface area (Å²) in [5, 5.41) is 0. The Morgan fingerprint density at radius 2 is 2.21 bits per heavy atom. The minimum Gasteiger partial charge on any atom is -0.298 e. The van der Waals surface area contributed by atoms with E-state index >= 15 is 0 Å². The third-order valence-corrected chi connectivity index (χ3v) is 2.79. The number of alkyl halides is 1. The fraction of sp³-hybridized carbons (Fsp3) is 0.545. The van der Waals surface area contributed by atoms with Crippen molar-refractivity contribution in [3.05, 3.63) is 29.6 Å². The first-order valence-corrected chi connectivity index (χ1v) is 5.33. The van der Waals surface area contributed by atoms with Crippen molar-refractivity contribution in [2.24, 2.45) is 0 Å². The van der Waals surface area contributed by atoms with E-state index in [1.807, 2.05) is 12.4 Å². The maximum Gasteiger partial charge on any atom is 0.0376 e. The SMILES string of the molecule is Cc1cncc(CN(C)C(C)CCl)c1. The molecule has 14 heavy (non-hydrogen) atoms. The maximum atomic E-state index is 5.79. The molecular weight excluding hydrogens is 196 g/mol. The van der Waals surface area contributed by atoms with E-state index in [0.717, 1.165) is 6.54 Å². The lowest BCUT2D eigenvalue weighted by molar-refractivity contribution is 0.268. The summed E-state index contributed by atoms with van der Waals surface area (Å²) < 4.78 is 0. The van der Waals surface area contributed by atoms with Crippen LogP contribution in [-0.2, 0) is 6.54 Å². The zero-order valence-electron chi connectivity index (χ0n) is 9.00. The van der Waals surface area contributed by atoms with Gasteiger partial charge in [0.25, 0.3) is 0 Å². The standard InChI is InChI=1S/C11H17ClN2/c1-9-4-11(7-13-6-9)8-14(3)10(2)5-12/h4,6-7,10H,5,8H2,1-3H3. The van der Waals surface area contributed by atoms with Crippen molar-refractivity contribution in [3.8, 4) is 0 Å². The molecule has 1 atom stereocenters. The van der Waals surface area contributed by atoms with Crippen LogP contribution >= 0.6 is 11.6 Å². The molecule has 1 rings (SSSR count). The molecule has 0 N–H and O–H groups in total. The topological polar surface area (TPSA) is 16.1 Å². The molecule has 0 fully saturated rings. The molecular formula is C11H17ClN2. The van der Waals surface area contributed by atoms with Crippen LogP contribution in [0, 0.1) is 6.92 Å². The van der Waals surface area contributed by atoms with Gasteiger partial charge >= 0.3 is 0 Å². The maximum absolute atomic E-state index is 5.79. The van der Waals surface area contributed by atoms with Crippen molar-refractivity contribution in [2.75, 3.05) is 12.9 Å². The van der Waals surface area contributed by atoms with Gasteiger partial charge < -0.3 is 0 Å². The predicted octanol–water partition coefficient (Wildman–Crippen LogP) is 2.45. The number of aryl methyl sites for hydroxylation is 1. The summed E-state index contributed by atoms with van der Waals surface area (Å²) >= 11 is 5.79. The van der Waals surface area contributed by atoms with Crippen molar-refractivity contribution in [2.45, 2.75) is 26.4 Å². The molecule has 2 nitrogen and oxygen atoms in total. The summed E-state index contributed by atoms with van der Waals surface area (Å²) in [5.41, 5.74) is 2.44. The van der Waals surface area contributed by atoms with Gasteiger partial charge in [0.15, 0.2) is 0 Å². The predicted molar refractivity (Wildman–Crippen MR) is 60.6 cm³/mol. The lowest BCUT2D eigenvalue weighted by Gasteiger charge is -2.22. The molecule has 0 aliphatic carbocycles. The molecule has 0 radical (unpaired) electrons. The van der Waals surface area contributed by atoms with Gasteiger partial charge in [-0.3, -0.25) is 9.88 Å². The number of hydrogen-bond donors (Lipinski definition) is 0. The van der Waals surface area contributed by atoms with E-state index in [1.54, 1.807) is 0 Å². The highest BCUT2D eigenvalue weighted by Gasteiger charge is 2.07. The van der Waals surface area contributed by atoms with Gasteiger partial charge in [-0.25, -0.2) is 0 Å². The van der Waals surface area contributed by atoms with Crippen LogP contribution in [0.5, 0.6) is 0 Å². The second-order valence-electron chi connectivity index (χ2n) is 3.79. The first-order chi connectivity index (χ1) is 6.63. The first-order valence-electron chi connectivity index (χ1n) is 4.80. The largest absolute Gasteiger partial charge is 0.298 e. The Kier molecular flexibility index (Phi) is 4.36. The van der Waals surface area contributed by atoms with Gasteiger partial charge in [-0.15, -0.1) is 11.6 Å². The Morgan fingerprint density at radius 3 is 2.79 bits per heavy atom. The Balaban J connectivity index is 2.60. The van der Waals surface area contributed by atoms with Crippen molar-refractivity contribution in [3.63, 3.8) is 0 Å². The Hall–Kier alpha value is -0.600. The van der Waals surface area contributed by atoms with Gasteiger partial charge in [-0.05, 0) is 32.0 Å². The van der Waals surface area contributed by atoms with Gasteiger partial charge in [0.1, 0.15) is 0 Å². The molecule has 0 aliphatic rings. The summed E-state index contributed by atoms with van der Waals surface area (Å²) in [6.07, 6.45) is 3.78. The van der Waals surface area contributed by atoms with Gasteiger partial charge in [0.2, 0.25) is 0 Å². The summed E-state index contributed by atoms with van der Waals surface area (Å²) in [7, 11) is 2.08. The molecule has 0 saturated heterocycles. The fourth-order valence-electron chi connectivity index (χ4n) is 1.27. The average Bonchev–Trinajstić information content (AvgIpc) is 2.16. The van der Waals surface area contributed by atoms with E-state index in [2.05, 4.69) is 36.8 Å². The van der Waals surface area contributed by atoms with Gasteiger partial charge in [0, 0.05) is 30.9 Å². The molecule has 3 heteroatoms. The van der Waals surface area contributed by atoms with Gasteiger partial charge in [-0.1, -0.05) is 6.07 Å². The minimum atomic E-state index is 0.400. The van der Waals surface area contributed by atoms with Crippen LogP contribution in [-0.4, -0.2) is 28.9 Å². The Labute approximate surface area is 90.9 Å². The molecule has 1 heterocycles. The third kappa shape index (κ3) is 3.28. The van der Waals surface area contributed by atoms with Crippen LogP contribution in [0.15, 0.2) is 18.5 Å². The van der Waals surface area contributed by atoms with Crippen LogP contribution in [0.4, 0.5) is 0 Å². The van der Waals surface area contributed by atoms with Crippen LogP contribution in [0.1, 0.15) is 18.1 Å². The lowest BCUT2D eigenvalue weighted by Crippen LogP contribution is -2.29. The molecule has 0 aliphatic heterocycles. The molecule has 1 aromatic heterocycles. The van der Waals surface area contributed by atoms with Crippen molar-refractivity contribution >= 4 is 11.6 Å². The highest BCUT2D eigenvalue weighted by Crippen LogP contribution is 2.07. The summed E-state index contributed by atoms with van der Waals surface area (Å²) in [6.45, 7) is 5.08. The second kappa shape index (κ2) is 5.32. The van der Waals surface area contributed by atoms with Crippen molar-refractivity contribution in [1.82, 2.24) is 9.88 Å². The summed E-state index contributed by atoms with van der Waals surface area (Å²) in [4.78, 5) is 6.39. The van der Waals surface area contributed by atoms with E-state index in [1.165, 1.54) is 11.1 Å². The van der Waals surface area contributed by atoms with Crippen LogP contribution in [0.3, 0.4) is 0 Å². The number of pyridine rings is 1. The highest BCUT2D eigenvalue weighted by atomic mass is 35.5. The molecule has 0 amide bonds. The van der Waals surface area contributed by atoms with Crippen LogP contribution in [0.25, 0.3) is 0 Å². The van der Waals surface area contributed by atoms with E-state index < -0.39 is 0 Å². The highest BCUT2D eigenvalue weighted by molar-refractivity contribution is 6.18. The first kappa shape index (κ1) is 11.5. The zero-order chi connectivity index (χ0) is 10.6. The number of halogens is 1. The average molecular weight is 213 g/mol. The minimum absolute atomic E-state index is 0.400. The number of rotatable bonds is 4. The number of hydrogen-bond acceptors (Lipinski definition) is 2. The van der Waals surface area contributed by atoms with E-state index in [4.69, 9.17) is 11.6 Å². The second-order valence-corrected chi connectivity index (χ2v) is 4.10. The summed E-state index contributed by atoms with van der Waals surface area (Å²) in [6, 6.07) is 2.56. The number of aromatic nitrogens is 1. The third-order valence-electron chi connectivity index (χ3n) is 2.34. The number of nitrogens with zero attached hydrogens (tertiary/aromatic N) is 2. The monoisotopic (exact) mass is 212 g/mol. The molecule has 0 saturated carbocycles. The fourth-order valence-corrected chi connectivity index (χ4v) is 1.50. The Bertz CT molecular complexity index is 288. The molecule has 0 spiro atoms. The van der Waals surface area contributed by atoms with Crippen molar-refractivity contribution in [1.29, 1.82) is 0 Å². The van der Waals surface area contributed by atoms with Crippen LogP contribution < -0.4 is 0 Å². The van der Waals surface area contributed by atoms with Gasteiger partial charge in [0.05, 0.1) is 0 Å². The molecule has 1 unspecified atom stereocenters. The zero-order valence-corrected chi connectivity index (χ0v) is 9.75. The normalized spacial score (nSPS) is 13.2. The van der Waals surface area contributed by atoms with Crippen molar-refractivity contribution < 1.29 is 0 Å². The molecule has 0 aromatic carbocycles. The lowest BCUT2D eigenvalue weighted by atomic mass is 10.2. The smallest absolute Gasteiger partial charge is 0.0376 e.